The molecule has 0 aromatic rings. The smallest absolute Gasteiger partial charge is 0.221 e. The van der Waals surface area contributed by atoms with Crippen LogP contribution in [0.1, 0.15) is 20.3 Å². The van der Waals surface area contributed by atoms with Gasteiger partial charge < -0.3 is 10.6 Å². The Kier molecular flexibility index (Phi) is 6.12. The quantitative estimate of drug-likeness (QED) is 0.586. The van der Waals surface area contributed by atoms with Gasteiger partial charge >= 0.3 is 0 Å². The van der Waals surface area contributed by atoms with Crippen molar-refractivity contribution in [2.45, 2.75) is 26.3 Å². The second-order valence-corrected chi connectivity index (χ2v) is 2.59. The molecule has 0 saturated carbocycles. The predicted molar refractivity (Wildman–Crippen MR) is 49.6 cm³/mol. The van der Waals surface area contributed by atoms with E-state index >= 15 is 0 Å². The van der Waals surface area contributed by atoms with E-state index in [1.54, 1.807) is 14.0 Å². The van der Waals surface area contributed by atoms with Gasteiger partial charge in [-0.2, -0.15) is 0 Å². The molecule has 0 spiro atoms. The van der Waals surface area contributed by atoms with Crippen LogP contribution >= 0.6 is 0 Å². The Morgan fingerprint density at radius 2 is 2.25 bits per heavy atom. The van der Waals surface area contributed by atoms with Crippen molar-refractivity contribution in [3.8, 4) is 11.8 Å². The molecule has 0 rings (SSSR count). The van der Waals surface area contributed by atoms with Crippen LogP contribution < -0.4 is 10.6 Å². The highest BCUT2D eigenvalue weighted by atomic mass is 16.1. The van der Waals surface area contributed by atoms with Gasteiger partial charge in [0.1, 0.15) is 0 Å². The van der Waals surface area contributed by atoms with E-state index in [9.17, 15) is 4.79 Å². The van der Waals surface area contributed by atoms with Crippen molar-refractivity contribution in [2.24, 2.45) is 0 Å². The summed E-state index contributed by atoms with van der Waals surface area (Å²) < 4.78 is 0. The SMILES string of the molecule is CC#CCNC(C)CC(=O)NC. The largest absolute Gasteiger partial charge is 0.359 e. The van der Waals surface area contributed by atoms with Crippen LogP contribution in [0.15, 0.2) is 0 Å². The molecule has 0 aliphatic carbocycles. The number of carbonyl (C=O) groups excluding carboxylic acids is 1. The van der Waals surface area contributed by atoms with E-state index in [0.29, 0.717) is 13.0 Å². The fraction of sp³-hybridized carbons (Fsp3) is 0.667. The van der Waals surface area contributed by atoms with Crippen molar-refractivity contribution in [3.05, 3.63) is 0 Å². The minimum atomic E-state index is 0.0551. The molecule has 1 amide bonds. The number of hydrogen-bond donors (Lipinski definition) is 2. The highest BCUT2D eigenvalue weighted by molar-refractivity contribution is 5.76. The van der Waals surface area contributed by atoms with E-state index in [1.165, 1.54) is 0 Å². The molecule has 68 valence electrons. The molecular formula is C9H16N2O. The first-order valence-corrected chi connectivity index (χ1v) is 4.04. The van der Waals surface area contributed by atoms with Gasteiger partial charge in [0.25, 0.3) is 0 Å². The van der Waals surface area contributed by atoms with E-state index < -0.39 is 0 Å². The average molecular weight is 168 g/mol. The molecule has 0 aliphatic heterocycles. The summed E-state index contributed by atoms with van der Waals surface area (Å²) >= 11 is 0. The van der Waals surface area contributed by atoms with Gasteiger partial charge in [-0.05, 0) is 13.8 Å². The van der Waals surface area contributed by atoms with Crippen LogP contribution in [-0.4, -0.2) is 25.5 Å². The van der Waals surface area contributed by atoms with E-state index in [-0.39, 0.29) is 11.9 Å². The lowest BCUT2D eigenvalue weighted by atomic mass is 10.2. The lowest BCUT2D eigenvalue weighted by Crippen LogP contribution is -2.32. The number of amides is 1. The van der Waals surface area contributed by atoms with E-state index in [4.69, 9.17) is 0 Å². The van der Waals surface area contributed by atoms with Gasteiger partial charge in [-0.15, -0.1) is 5.92 Å². The summed E-state index contributed by atoms with van der Waals surface area (Å²) in [4.78, 5) is 10.9. The summed E-state index contributed by atoms with van der Waals surface area (Å²) in [5.74, 6) is 5.71. The molecule has 0 bridgehead atoms. The molecule has 0 aliphatic rings. The number of rotatable bonds is 4. The normalized spacial score (nSPS) is 11.2. The van der Waals surface area contributed by atoms with Crippen molar-refractivity contribution in [1.82, 2.24) is 10.6 Å². The molecule has 2 N–H and O–H groups in total. The van der Waals surface area contributed by atoms with Gasteiger partial charge in [-0.1, -0.05) is 5.92 Å². The molecule has 1 unspecified atom stereocenters. The molecule has 0 fully saturated rings. The third-order valence-corrected chi connectivity index (χ3v) is 1.49. The fourth-order valence-electron chi connectivity index (χ4n) is 0.766. The second kappa shape index (κ2) is 6.68. The zero-order chi connectivity index (χ0) is 9.40. The molecule has 0 saturated heterocycles. The summed E-state index contributed by atoms with van der Waals surface area (Å²) in [6.07, 6.45) is 0.502. The maximum atomic E-state index is 10.9. The summed E-state index contributed by atoms with van der Waals surface area (Å²) in [6, 6.07) is 0.186. The predicted octanol–water partition coefficient (Wildman–Crippen LogP) is 0.124. The monoisotopic (exact) mass is 168 g/mol. The fourth-order valence-corrected chi connectivity index (χ4v) is 0.766. The Hall–Kier alpha value is -1.01. The third kappa shape index (κ3) is 5.75. The summed E-state index contributed by atoms with van der Waals surface area (Å²) in [7, 11) is 1.64. The van der Waals surface area contributed by atoms with E-state index in [2.05, 4.69) is 22.5 Å². The van der Waals surface area contributed by atoms with Gasteiger partial charge in [-0.25, -0.2) is 0 Å². The van der Waals surface area contributed by atoms with Crippen LogP contribution in [0, 0.1) is 11.8 Å². The molecule has 0 radical (unpaired) electrons. The van der Waals surface area contributed by atoms with Crippen LogP contribution in [0.3, 0.4) is 0 Å². The first kappa shape index (κ1) is 11.0. The zero-order valence-corrected chi connectivity index (χ0v) is 7.90. The first-order valence-electron chi connectivity index (χ1n) is 4.04. The van der Waals surface area contributed by atoms with Crippen molar-refractivity contribution in [2.75, 3.05) is 13.6 Å². The first-order chi connectivity index (χ1) is 5.70. The molecule has 0 heterocycles. The van der Waals surface area contributed by atoms with Crippen LogP contribution in [0.5, 0.6) is 0 Å². The molecule has 3 heteroatoms. The van der Waals surface area contributed by atoms with Gasteiger partial charge in [0.2, 0.25) is 5.91 Å². The van der Waals surface area contributed by atoms with Crippen LogP contribution in [-0.2, 0) is 4.79 Å². The lowest BCUT2D eigenvalue weighted by Gasteiger charge is -2.09. The molecule has 0 aromatic carbocycles. The number of carbonyl (C=O) groups is 1. The Morgan fingerprint density at radius 3 is 2.75 bits per heavy atom. The number of nitrogens with one attached hydrogen (secondary N) is 2. The topological polar surface area (TPSA) is 41.1 Å². The van der Waals surface area contributed by atoms with Crippen LogP contribution in [0.25, 0.3) is 0 Å². The lowest BCUT2D eigenvalue weighted by molar-refractivity contribution is -0.121. The minimum Gasteiger partial charge on any atom is -0.359 e. The van der Waals surface area contributed by atoms with Gasteiger partial charge in [-0.3, -0.25) is 4.79 Å². The zero-order valence-electron chi connectivity index (χ0n) is 7.90. The van der Waals surface area contributed by atoms with Gasteiger partial charge in [0.05, 0.1) is 6.54 Å². The average Bonchev–Trinajstić information content (AvgIpc) is 2.05. The molecular weight excluding hydrogens is 152 g/mol. The van der Waals surface area contributed by atoms with Crippen molar-refractivity contribution in [1.29, 1.82) is 0 Å². The maximum absolute atomic E-state index is 10.9. The standard InChI is InChI=1S/C9H16N2O/c1-4-5-6-11-8(2)7-9(12)10-3/h8,11H,6-7H2,1-3H3,(H,10,12). The van der Waals surface area contributed by atoms with Gasteiger partial charge in [0.15, 0.2) is 0 Å². The number of hydrogen-bond acceptors (Lipinski definition) is 2. The Balaban J connectivity index is 3.49. The molecule has 3 nitrogen and oxygen atoms in total. The van der Waals surface area contributed by atoms with Gasteiger partial charge in [0, 0.05) is 19.5 Å². The Morgan fingerprint density at radius 1 is 1.58 bits per heavy atom. The summed E-state index contributed by atoms with van der Waals surface area (Å²) in [6.45, 7) is 4.41. The van der Waals surface area contributed by atoms with E-state index in [0.717, 1.165) is 0 Å². The highest BCUT2D eigenvalue weighted by Gasteiger charge is 2.04. The van der Waals surface area contributed by atoms with Crippen LogP contribution in [0.2, 0.25) is 0 Å². The summed E-state index contributed by atoms with van der Waals surface area (Å²) in [5, 5.41) is 5.69. The molecule has 0 aromatic heterocycles. The minimum absolute atomic E-state index is 0.0551. The molecule has 12 heavy (non-hydrogen) atoms. The second-order valence-electron chi connectivity index (χ2n) is 2.59. The summed E-state index contributed by atoms with van der Waals surface area (Å²) in [5.41, 5.74) is 0. The third-order valence-electron chi connectivity index (χ3n) is 1.49. The van der Waals surface area contributed by atoms with Crippen molar-refractivity contribution >= 4 is 5.91 Å². The van der Waals surface area contributed by atoms with Crippen molar-refractivity contribution in [3.63, 3.8) is 0 Å². The Bertz CT molecular complexity index is 190. The van der Waals surface area contributed by atoms with Crippen LogP contribution in [0.4, 0.5) is 0 Å². The highest BCUT2D eigenvalue weighted by Crippen LogP contribution is 1.88. The van der Waals surface area contributed by atoms with Crippen molar-refractivity contribution < 1.29 is 4.79 Å². The Labute approximate surface area is 73.9 Å². The maximum Gasteiger partial charge on any atom is 0.221 e. The molecule has 1 atom stereocenters. The van der Waals surface area contributed by atoms with E-state index in [1.807, 2.05) is 6.92 Å².